The average Bonchev–Trinajstić information content (AvgIpc) is 2.98. The number of hydrogen-bond donors (Lipinski definition) is 1. The van der Waals surface area contributed by atoms with Gasteiger partial charge in [0, 0.05) is 24.3 Å². The first-order valence-electron chi connectivity index (χ1n) is 9.97. The Bertz CT molecular complexity index is 911. The zero-order chi connectivity index (χ0) is 18.6. The molecule has 5 heteroatoms. The van der Waals surface area contributed by atoms with E-state index in [1.165, 1.54) is 11.3 Å². The highest BCUT2D eigenvalue weighted by atomic mass is 16.5. The molecule has 2 saturated carbocycles. The third-order valence-corrected chi connectivity index (χ3v) is 8.24. The second-order valence-electron chi connectivity index (χ2n) is 8.92. The van der Waals surface area contributed by atoms with Crippen LogP contribution in [0.5, 0.6) is 0 Å². The topological polar surface area (TPSA) is 53.9 Å². The maximum absolute atomic E-state index is 12.2. The molecule has 140 valence electrons. The molecule has 4 aliphatic heterocycles. The zero-order valence-corrected chi connectivity index (χ0v) is 15.8. The van der Waals surface area contributed by atoms with Crippen LogP contribution in [0.15, 0.2) is 41.9 Å². The van der Waals surface area contributed by atoms with E-state index in [1.807, 2.05) is 0 Å². The summed E-state index contributed by atoms with van der Waals surface area (Å²) in [5, 5.41) is 3.30. The second kappa shape index (κ2) is 4.89. The third kappa shape index (κ3) is 1.54. The number of rotatable bonds is 2. The molecule has 6 aliphatic rings. The van der Waals surface area contributed by atoms with Gasteiger partial charge >= 0.3 is 0 Å². The highest BCUT2D eigenvalue weighted by Crippen LogP contribution is 2.72. The molecular formula is C22H25N3O2. The Kier molecular flexibility index (Phi) is 2.90. The molecule has 27 heavy (non-hydrogen) atoms. The number of fused-ring (bicyclic) bond motifs is 4. The molecule has 1 amide bonds. The summed E-state index contributed by atoms with van der Waals surface area (Å²) in [6, 6.07) is 8.90. The standard InChI is InChI=1S/C22H25N3O2/c1-4-21-15-9-18-19-22(21,14-7-5-6-8-16(14)24-19)10-17(13(15)11-27-18)25(3)20(21)23-12(2)26/h4-8,13,15,17-18,20H,1,9-11H2,2-3H3,(H,23,26)/t13-,15+,17-,18+,20+,21+,22-/m0/s1. The molecule has 5 fully saturated rings. The molecule has 7 rings (SSSR count). The van der Waals surface area contributed by atoms with Gasteiger partial charge in [-0.05, 0) is 37.4 Å². The lowest BCUT2D eigenvalue weighted by Crippen LogP contribution is -2.84. The molecule has 3 saturated heterocycles. The fraction of sp³-hybridized carbons (Fsp3) is 0.545. The highest BCUT2D eigenvalue weighted by Gasteiger charge is 2.77. The maximum Gasteiger partial charge on any atom is 0.218 e. The van der Waals surface area contributed by atoms with Gasteiger partial charge in [0.15, 0.2) is 0 Å². The summed E-state index contributed by atoms with van der Waals surface area (Å²) in [5.41, 5.74) is 3.05. The van der Waals surface area contributed by atoms with E-state index in [-0.39, 0.29) is 29.0 Å². The molecule has 4 heterocycles. The number of hydrogen-bond acceptors (Lipinski definition) is 4. The zero-order valence-electron chi connectivity index (χ0n) is 15.8. The number of nitrogens with one attached hydrogen (secondary N) is 1. The van der Waals surface area contributed by atoms with Gasteiger partial charge in [-0.1, -0.05) is 24.3 Å². The number of piperidine rings is 2. The van der Waals surface area contributed by atoms with Crippen molar-refractivity contribution in [2.45, 2.75) is 43.5 Å². The molecule has 0 radical (unpaired) electrons. The van der Waals surface area contributed by atoms with Crippen molar-refractivity contribution in [3.8, 4) is 0 Å². The number of aliphatic imine (C=N–C) groups is 1. The lowest BCUT2D eigenvalue weighted by molar-refractivity contribution is -0.222. The van der Waals surface area contributed by atoms with Crippen LogP contribution in [0.3, 0.4) is 0 Å². The van der Waals surface area contributed by atoms with Gasteiger partial charge in [0.1, 0.15) is 0 Å². The van der Waals surface area contributed by atoms with Gasteiger partial charge in [0.2, 0.25) is 5.91 Å². The monoisotopic (exact) mass is 363 g/mol. The Hall–Kier alpha value is -1.98. The van der Waals surface area contributed by atoms with Crippen LogP contribution in [0.1, 0.15) is 25.3 Å². The summed E-state index contributed by atoms with van der Waals surface area (Å²) < 4.78 is 6.35. The number of benzene rings is 1. The number of carbonyl (C=O) groups is 1. The van der Waals surface area contributed by atoms with Gasteiger partial charge in [-0.3, -0.25) is 14.7 Å². The first kappa shape index (κ1) is 16.0. The summed E-state index contributed by atoms with van der Waals surface area (Å²) in [4.78, 5) is 19.7. The van der Waals surface area contributed by atoms with Crippen LogP contribution in [0.4, 0.5) is 5.69 Å². The van der Waals surface area contributed by atoms with Crippen molar-refractivity contribution >= 4 is 17.3 Å². The van der Waals surface area contributed by atoms with Crippen molar-refractivity contribution in [1.82, 2.24) is 10.2 Å². The van der Waals surface area contributed by atoms with E-state index in [0.29, 0.717) is 17.9 Å². The Morgan fingerprint density at radius 1 is 1.44 bits per heavy atom. The van der Waals surface area contributed by atoms with Gasteiger partial charge < -0.3 is 10.1 Å². The summed E-state index contributed by atoms with van der Waals surface area (Å²) in [6.45, 7) is 6.76. The maximum atomic E-state index is 12.2. The predicted molar refractivity (Wildman–Crippen MR) is 103 cm³/mol. The first-order chi connectivity index (χ1) is 13.0. The van der Waals surface area contributed by atoms with Gasteiger partial charge in [-0.15, -0.1) is 6.58 Å². The van der Waals surface area contributed by atoms with Crippen LogP contribution < -0.4 is 5.32 Å². The first-order valence-corrected chi connectivity index (χ1v) is 9.97. The molecular weight excluding hydrogens is 338 g/mol. The lowest BCUT2D eigenvalue weighted by atomic mass is 9.36. The quantitative estimate of drug-likeness (QED) is 0.821. The van der Waals surface area contributed by atoms with Crippen LogP contribution >= 0.6 is 0 Å². The van der Waals surface area contributed by atoms with E-state index in [1.54, 1.807) is 6.92 Å². The van der Waals surface area contributed by atoms with E-state index >= 15 is 0 Å². The Morgan fingerprint density at radius 3 is 3.04 bits per heavy atom. The van der Waals surface area contributed by atoms with Crippen molar-refractivity contribution < 1.29 is 9.53 Å². The molecule has 1 aromatic rings. The van der Waals surface area contributed by atoms with Crippen molar-refractivity contribution in [2.24, 2.45) is 22.2 Å². The normalized spacial score (nSPS) is 45.9. The van der Waals surface area contributed by atoms with Crippen LogP contribution in [0.25, 0.3) is 0 Å². The highest BCUT2D eigenvalue weighted by molar-refractivity contribution is 6.07. The van der Waals surface area contributed by atoms with Gasteiger partial charge in [-0.25, -0.2) is 0 Å². The molecule has 5 nitrogen and oxygen atoms in total. The van der Waals surface area contributed by atoms with Crippen LogP contribution in [0.2, 0.25) is 0 Å². The average molecular weight is 363 g/mol. The molecule has 0 aromatic heterocycles. The van der Waals surface area contributed by atoms with Crippen molar-refractivity contribution in [3.05, 3.63) is 42.5 Å². The molecule has 1 aromatic carbocycles. The van der Waals surface area contributed by atoms with Crippen molar-refractivity contribution in [1.29, 1.82) is 0 Å². The van der Waals surface area contributed by atoms with Gasteiger partial charge in [0.25, 0.3) is 0 Å². The Labute approximate surface area is 159 Å². The molecule has 7 atom stereocenters. The fourth-order valence-corrected chi connectivity index (χ4v) is 7.47. The third-order valence-electron chi connectivity index (χ3n) is 8.24. The van der Waals surface area contributed by atoms with E-state index in [9.17, 15) is 4.79 Å². The lowest BCUT2D eigenvalue weighted by Gasteiger charge is -2.74. The summed E-state index contributed by atoms with van der Waals surface area (Å²) in [6.07, 6.45) is 4.20. The molecule has 1 spiro atoms. The molecule has 1 N–H and O–H groups in total. The number of para-hydroxylation sites is 1. The summed E-state index contributed by atoms with van der Waals surface area (Å²) >= 11 is 0. The van der Waals surface area contributed by atoms with E-state index in [2.05, 4.69) is 54.2 Å². The minimum Gasteiger partial charge on any atom is -0.372 e. The largest absolute Gasteiger partial charge is 0.372 e. The van der Waals surface area contributed by atoms with Gasteiger partial charge in [0.05, 0.1) is 35.7 Å². The number of nitrogens with zero attached hydrogens (tertiary/aromatic N) is 2. The fourth-order valence-electron chi connectivity index (χ4n) is 7.47. The van der Waals surface area contributed by atoms with E-state index in [4.69, 9.17) is 9.73 Å². The van der Waals surface area contributed by atoms with Crippen LogP contribution in [-0.4, -0.2) is 48.5 Å². The van der Waals surface area contributed by atoms with Crippen molar-refractivity contribution in [3.63, 3.8) is 0 Å². The molecule has 5 bridgehead atoms. The number of carbonyl (C=O) groups excluding carboxylic acids is 1. The number of amides is 1. The van der Waals surface area contributed by atoms with Crippen LogP contribution in [0, 0.1) is 17.3 Å². The van der Waals surface area contributed by atoms with E-state index in [0.717, 1.165) is 25.1 Å². The molecule has 0 unspecified atom stereocenters. The summed E-state index contributed by atoms with van der Waals surface area (Å²) in [7, 11) is 2.15. The smallest absolute Gasteiger partial charge is 0.218 e. The van der Waals surface area contributed by atoms with Crippen LogP contribution in [-0.2, 0) is 14.9 Å². The van der Waals surface area contributed by atoms with Crippen molar-refractivity contribution in [2.75, 3.05) is 13.7 Å². The predicted octanol–water partition coefficient (Wildman–Crippen LogP) is 2.40. The summed E-state index contributed by atoms with van der Waals surface area (Å²) in [5.74, 6) is 0.945. The minimum atomic E-state index is -0.265. The SMILES string of the molecule is C=C[C@]12[C@@H]3C[C@H]4OC[C@@H]3[C@H](C[C@]13C4=Nc1ccccc13)N(C)[C@H]2NC(C)=O. The Morgan fingerprint density at radius 2 is 2.26 bits per heavy atom. The van der Waals surface area contributed by atoms with E-state index < -0.39 is 0 Å². The Balaban J connectivity index is 1.68. The minimum absolute atomic E-state index is 0.0151. The molecule has 2 aliphatic carbocycles. The van der Waals surface area contributed by atoms with Gasteiger partial charge in [-0.2, -0.15) is 0 Å². The second-order valence-corrected chi connectivity index (χ2v) is 8.92. The number of ether oxygens (including phenoxy) is 1.